The molecule has 5 nitrogen and oxygen atoms in total. The van der Waals surface area contributed by atoms with Crippen molar-refractivity contribution in [3.63, 3.8) is 0 Å². The largest absolute Gasteiger partial charge is 0.507 e. The molecule has 1 aliphatic rings. The number of ether oxygens (including phenoxy) is 1. The molecule has 0 fully saturated rings. The zero-order chi connectivity index (χ0) is 15.0. The molecule has 2 heterocycles. The van der Waals surface area contributed by atoms with Crippen molar-refractivity contribution in [1.29, 1.82) is 0 Å². The third-order valence-corrected chi connectivity index (χ3v) is 3.59. The number of aromatic nitrogens is 1. The molecule has 0 aliphatic carbocycles. The Bertz CT molecular complexity index is 725. The van der Waals surface area contributed by atoms with E-state index in [0.717, 1.165) is 5.56 Å². The minimum Gasteiger partial charge on any atom is -0.507 e. The van der Waals surface area contributed by atoms with Gasteiger partial charge < -0.3 is 9.84 Å². The Balaban J connectivity index is 2.20. The minimum absolute atomic E-state index is 0.105. The fourth-order valence-corrected chi connectivity index (χ4v) is 2.60. The Morgan fingerprint density at radius 1 is 1.38 bits per heavy atom. The van der Waals surface area contributed by atoms with E-state index in [1.54, 1.807) is 24.5 Å². The van der Waals surface area contributed by atoms with E-state index < -0.39 is 0 Å². The van der Waals surface area contributed by atoms with Gasteiger partial charge in [-0.15, -0.1) is 0 Å². The summed E-state index contributed by atoms with van der Waals surface area (Å²) in [5, 5.41) is 10.4. The minimum atomic E-state index is -0.369. The van der Waals surface area contributed by atoms with Crippen LogP contribution in [-0.2, 0) is 4.79 Å². The molecule has 1 aromatic heterocycles. The Morgan fingerprint density at radius 2 is 2.19 bits per heavy atom. The first-order chi connectivity index (χ1) is 10.1. The maximum absolute atomic E-state index is 11.7. The number of Topliss-reactive ketones (excluding diaryl/α,β-unsaturated/α-hetero) is 1. The van der Waals surface area contributed by atoms with Gasteiger partial charge in [0.2, 0.25) is 0 Å². The molecule has 0 amide bonds. The van der Waals surface area contributed by atoms with Crippen molar-refractivity contribution >= 4 is 11.8 Å². The summed E-state index contributed by atoms with van der Waals surface area (Å²) >= 11 is 0. The highest BCUT2D eigenvalue weighted by Crippen LogP contribution is 2.44. The fraction of sp³-hybridized carbons (Fsp3) is 0.188. The van der Waals surface area contributed by atoms with Crippen molar-refractivity contribution in [3.05, 3.63) is 53.3 Å². The molecule has 1 aromatic carbocycles. The SMILES string of the molecule is CC(=O)c1ccc2c(c1O)[C@H](c1cccnc1)CC(=O)O2. The lowest BCUT2D eigenvalue weighted by Gasteiger charge is -2.26. The van der Waals surface area contributed by atoms with Crippen LogP contribution in [0.25, 0.3) is 0 Å². The number of rotatable bonds is 2. The Labute approximate surface area is 121 Å². The highest BCUT2D eigenvalue weighted by Gasteiger charge is 2.32. The van der Waals surface area contributed by atoms with Gasteiger partial charge in [-0.25, -0.2) is 0 Å². The molecular formula is C16H13NO4. The van der Waals surface area contributed by atoms with Crippen LogP contribution < -0.4 is 4.74 Å². The first-order valence-electron chi connectivity index (χ1n) is 6.55. The molecule has 21 heavy (non-hydrogen) atoms. The lowest BCUT2D eigenvalue weighted by Crippen LogP contribution is -2.21. The number of phenols is 1. The topological polar surface area (TPSA) is 76.5 Å². The van der Waals surface area contributed by atoms with Crippen LogP contribution in [0.15, 0.2) is 36.7 Å². The van der Waals surface area contributed by atoms with E-state index in [9.17, 15) is 14.7 Å². The van der Waals surface area contributed by atoms with Crippen LogP contribution in [-0.4, -0.2) is 21.8 Å². The third-order valence-electron chi connectivity index (χ3n) is 3.59. The predicted molar refractivity (Wildman–Crippen MR) is 74.4 cm³/mol. The maximum atomic E-state index is 11.7. The average molecular weight is 283 g/mol. The van der Waals surface area contributed by atoms with Crippen molar-refractivity contribution in [1.82, 2.24) is 4.98 Å². The molecule has 0 bridgehead atoms. The molecule has 0 saturated carbocycles. The monoisotopic (exact) mass is 283 g/mol. The summed E-state index contributed by atoms with van der Waals surface area (Å²) in [4.78, 5) is 27.4. The number of carbonyl (C=O) groups is 2. The van der Waals surface area contributed by atoms with Crippen molar-refractivity contribution < 1.29 is 19.4 Å². The van der Waals surface area contributed by atoms with Gasteiger partial charge in [0, 0.05) is 23.9 Å². The number of benzene rings is 1. The van der Waals surface area contributed by atoms with Crippen LogP contribution in [0.1, 0.15) is 40.7 Å². The molecule has 5 heteroatoms. The zero-order valence-corrected chi connectivity index (χ0v) is 11.4. The van der Waals surface area contributed by atoms with Gasteiger partial charge >= 0.3 is 5.97 Å². The second-order valence-corrected chi connectivity index (χ2v) is 4.95. The van der Waals surface area contributed by atoms with Crippen LogP contribution >= 0.6 is 0 Å². The summed E-state index contributed by atoms with van der Waals surface area (Å²) in [5.74, 6) is -0.804. The van der Waals surface area contributed by atoms with Crippen LogP contribution in [0, 0.1) is 0 Å². The molecule has 1 N–H and O–H groups in total. The first kappa shape index (κ1) is 13.3. The van der Waals surface area contributed by atoms with E-state index in [-0.39, 0.29) is 35.4 Å². The highest BCUT2D eigenvalue weighted by atomic mass is 16.5. The van der Waals surface area contributed by atoms with Crippen LogP contribution in [0.5, 0.6) is 11.5 Å². The Morgan fingerprint density at radius 3 is 2.86 bits per heavy atom. The molecular weight excluding hydrogens is 270 g/mol. The van der Waals surface area contributed by atoms with Gasteiger partial charge in [-0.05, 0) is 30.7 Å². The van der Waals surface area contributed by atoms with Crippen LogP contribution in [0.3, 0.4) is 0 Å². The van der Waals surface area contributed by atoms with Gasteiger partial charge in [-0.3, -0.25) is 14.6 Å². The van der Waals surface area contributed by atoms with E-state index in [1.165, 1.54) is 13.0 Å². The number of aromatic hydroxyl groups is 1. The van der Waals surface area contributed by atoms with E-state index >= 15 is 0 Å². The number of fused-ring (bicyclic) bond motifs is 1. The van der Waals surface area contributed by atoms with Gasteiger partial charge in [-0.1, -0.05) is 6.07 Å². The summed E-state index contributed by atoms with van der Waals surface area (Å²) in [7, 11) is 0. The maximum Gasteiger partial charge on any atom is 0.312 e. The van der Waals surface area contributed by atoms with Gasteiger partial charge in [0.1, 0.15) is 11.5 Å². The smallest absolute Gasteiger partial charge is 0.312 e. The highest BCUT2D eigenvalue weighted by molar-refractivity contribution is 5.98. The summed E-state index contributed by atoms with van der Waals surface area (Å²) in [6.07, 6.45) is 3.39. The van der Waals surface area contributed by atoms with E-state index in [2.05, 4.69) is 4.98 Å². The normalized spacial score (nSPS) is 17.0. The number of carbonyl (C=O) groups excluding carboxylic acids is 2. The molecule has 1 atom stereocenters. The molecule has 0 spiro atoms. The van der Waals surface area contributed by atoms with Gasteiger partial charge in [0.15, 0.2) is 5.78 Å². The van der Waals surface area contributed by atoms with E-state index in [1.807, 2.05) is 6.07 Å². The number of nitrogens with zero attached hydrogens (tertiary/aromatic N) is 1. The van der Waals surface area contributed by atoms with Gasteiger partial charge in [0.05, 0.1) is 12.0 Å². The predicted octanol–water partition coefficient (Wildman–Crippen LogP) is 2.43. The van der Waals surface area contributed by atoms with Crippen molar-refractivity contribution in [2.75, 3.05) is 0 Å². The molecule has 1 aliphatic heterocycles. The molecule has 0 saturated heterocycles. The van der Waals surface area contributed by atoms with Gasteiger partial charge in [-0.2, -0.15) is 0 Å². The van der Waals surface area contributed by atoms with Crippen LogP contribution in [0.4, 0.5) is 0 Å². The third kappa shape index (κ3) is 2.27. The molecule has 3 rings (SSSR count). The second-order valence-electron chi connectivity index (χ2n) is 4.95. The summed E-state index contributed by atoms with van der Waals surface area (Å²) in [6.45, 7) is 1.38. The first-order valence-corrected chi connectivity index (χ1v) is 6.55. The van der Waals surface area contributed by atoms with Crippen LogP contribution in [0.2, 0.25) is 0 Å². The van der Waals surface area contributed by atoms with Crippen molar-refractivity contribution in [2.24, 2.45) is 0 Å². The number of phenolic OH excluding ortho intramolecular Hbond substituents is 1. The average Bonchev–Trinajstić information content (AvgIpc) is 2.47. The second kappa shape index (κ2) is 5.01. The summed E-state index contributed by atoms with van der Waals surface area (Å²) in [6, 6.07) is 6.61. The van der Waals surface area contributed by atoms with Crippen molar-refractivity contribution in [2.45, 2.75) is 19.3 Å². The lowest BCUT2D eigenvalue weighted by atomic mass is 9.85. The van der Waals surface area contributed by atoms with E-state index in [0.29, 0.717) is 11.3 Å². The van der Waals surface area contributed by atoms with E-state index in [4.69, 9.17) is 4.74 Å². The van der Waals surface area contributed by atoms with Gasteiger partial charge in [0.25, 0.3) is 0 Å². The Kier molecular flexibility index (Phi) is 3.17. The molecule has 2 aromatic rings. The quantitative estimate of drug-likeness (QED) is 0.520. The number of pyridine rings is 1. The number of hydrogen-bond donors (Lipinski definition) is 1. The summed E-state index contributed by atoms with van der Waals surface area (Å²) < 4.78 is 5.17. The standard InChI is InChI=1S/C16H13NO4/c1-9(18)11-4-5-13-15(16(11)20)12(7-14(19)21-13)10-3-2-6-17-8-10/h2-6,8,12,20H,7H2,1H3/t12-/m0/s1. The number of hydrogen-bond acceptors (Lipinski definition) is 5. The lowest BCUT2D eigenvalue weighted by molar-refractivity contribution is -0.135. The number of esters is 1. The molecule has 0 radical (unpaired) electrons. The zero-order valence-electron chi connectivity index (χ0n) is 11.4. The summed E-state index contributed by atoms with van der Waals surface area (Å²) in [5.41, 5.74) is 1.49. The molecule has 106 valence electrons. The van der Waals surface area contributed by atoms with Crippen molar-refractivity contribution in [3.8, 4) is 11.5 Å². The fourth-order valence-electron chi connectivity index (χ4n) is 2.60. The Hall–Kier alpha value is -2.69. The number of ketones is 1. The molecule has 0 unspecified atom stereocenters.